The van der Waals surface area contributed by atoms with Gasteiger partial charge in [-0.1, -0.05) is 74.2 Å². The van der Waals surface area contributed by atoms with Crippen molar-refractivity contribution in [1.29, 1.82) is 0 Å². The fourth-order valence-corrected chi connectivity index (χ4v) is 9.30. The quantitative estimate of drug-likeness (QED) is 0.220. The summed E-state index contributed by atoms with van der Waals surface area (Å²) in [5.74, 6) is 3.40. The zero-order valence-electron chi connectivity index (χ0n) is 22.7. The van der Waals surface area contributed by atoms with Gasteiger partial charge in [-0.2, -0.15) is 0 Å². The number of fused-ring (bicyclic) bond motifs is 5. The fraction of sp³-hybridized carbons (Fsp3) is 0.351. The van der Waals surface area contributed by atoms with Crippen LogP contribution < -0.4 is 4.90 Å². The van der Waals surface area contributed by atoms with Crippen molar-refractivity contribution in [3.8, 4) is 0 Å². The molecule has 2 heteroatoms. The van der Waals surface area contributed by atoms with Gasteiger partial charge in [0.25, 0.3) is 0 Å². The Labute approximate surface area is 236 Å². The van der Waals surface area contributed by atoms with Crippen LogP contribution in [0.15, 0.2) is 91.0 Å². The van der Waals surface area contributed by atoms with E-state index >= 15 is 0 Å². The topological polar surface area (TPSA) is 3.24 Å². The van der Waals surface area contributed by atoms with Crippen LogP contribution in [0, 0.1) is 11.8 Å². The van der Waals surface area contributed by atoms with Crippen molar-refractivity contribution in [1.82, 2.24) is 0 Å². The van der Waals surface area contributed by atoms with Crippen LogP contribution in [-0.4, -0.2) is 0 Å². The van der Waals surface area contributed by atoms with Crippen molar-refractivity contribution in [2.45, 2.75) is 69.6 Å². The first kappa shape index (κ1) is 23.8. The molecule has 0 saturated heterocycles. The van der Waals surface area contributed by atoms with Crippen molar-refractivity contribution in [2.24, 2.45) is 11.8 Å². The van der Waals surface area contributed by atoms with Crippen molar-refractivity contribution in [2.75, 3.05) is 4.90 Å². The van der Waals surface area contributed by atoms with Gasteiger partial charge in [0.15, 0.2) is 0 Å². The third kappa shape index (κ3) is 4.28. The van der Waals surface area contributed by atoms with Crippen LogP contribution in [0.25, 0.3) is 20.2 Å². The van der Waals surface area contributed by atoms with E-state index in [4.69, 9.17) is 0 Å². The van der Waals surface area contributed by atoms with E-state index in [1.165, 1.54) is 101 Å². The second-order valence-electron chi connectivity index (χ2n) is 12.4. The Bertz CT molecular complexity index is 1610. The average Bonchev–Trinajstić information content (AvgIpc) is 3.73. The van der Waals surface area contributed by atoms with Crippen LogP contribution in [-0.2, 0) is 0 Å². The highest BCUT2D eigenvalue weighted by Gasteiger charge is 2.40. The van der Waals surface area contributed by atoms with Gasteiger partial charge in [-0.05, 0) is 109 Å². The minimum atomic E-state index is 0.733. The van der Waals surface area contributed by atoms with Crippen LogP contribution in [0.4, 0.5) is 17.1 Å². The minimum Gasteiger partial charge on any atom is -0.310 e. The lowest BCUT2D eigenvalue weighted by Gasteiger charge is -2.28. The molecular weight excluding hydrogens is 490 g/mol. The SMILES string of the molecule is c1ccc2c(c1)sc1cc(N(c3ccc(C4CCCCC4)cc3)c3ccc(C4CC5CCC4C5)cc3)ccc12. The molecule has 8 rings (SSSR count). The first-order valence-corrected chi connectivity index (χ1v) is 16.0. The highest BCUT2D eigenvalue weighted by molar-refractivity contribution is 7.25. The summed E-state index contributed by atoms with van der Waals surface area (Å²) in [5.41, 5.74) is 6.83. The molecular formula is C37H37NS. The zero-order chi connectivity index (χ0) is 25.8. The number of thiophene rings is 1. The van der Waals surface area contributed by atoms with Gasteiger partial charge in [0, 0.05) is 37.2 Å². The Kier molecular flexibility index (Phi) is 5.98. The summed E-state index contributed by atoms with van der Waals surface area (Å²) >= 11 is 1.90. The maximum Gasteiger partial charge on any atom is 0.0476 e. The lowest BCUT2D eigenvalue weighted by Crippen LogP contribution is -2.12. The fourth-order valence-electron chi connectivity index (χ4n) is 8.16. The highest BCUT2D eigenvalue weighted by Crippen LogP contribution is 2.53. The number of hydrogen-bond acceptors (Lipinski definition) is 2. The number of hydrogen-bond donors (Lipinski definition) is 0. The van der Waals surface area contributed by atoms with Crippen LogP contribution in [0.1, 0.15) is 80.8 Å². The molecule has 0 aliphatic heterocycles. The Morgan fingerprint density at radius 3 is 1.97 bits per heavy atom. The number of rotatable bonds is 5. The molecule has 1 heterocycles. The summed E-state index contributed by atoms with van der Waals surface area (Å²) in [6, 6.07) is 35.0. The molecule has 0 spiro atoms. The van der Waals surface area contributed by atoms with Gasteiger partial charge in [0.1, 0.15) is 0 Å². The van der Waals surface area contributed by atoms with Gasteiger partial charge in [-0.3, -0.25) is 0 Å². The molecule has 4 aromatic carbocycles. The summed E-state index contributed by atoms with van der Waals surface area (Å²) in [5, 5.41) is 2.72. The summed E-state index contributed by atoms with van der Waals surface area (Å²) < 4.78 is 2.72. The monoisotopic (exact) mass is 527 g/mol. The Hall–Kier alpha value is -3.10. The van der Waals surface area contributed by atoms with Gasteiger partial charge in [0.05, 0.1) is 0 Å². The van der Waals surface area contributed by atoms with Crippen molar-refractivity contribution in [3.05, 3.63) is 102 Å². The third-order valence-electron chi connectivity index (χ3n) is 10.2. The van der Waals surface area contributed by atoms with Crippen LogP contribution in [0.5, 0.6) is 0 Å². The molecule has 39 heavy (non-hydrogen) atoms. The van der Waals surface area contributed by atoms with Gasteiger partial charge in [-0.25, -0.2) is 0 Å². The molecule has 196 valence electrons. The Morgan fingerprint density at radius 1 is 0.564 bits per heavy atom. The molecule has 2 bridgehead atoms. The van der Waals surface area contributed by atoms with E-state index in [9.17, 15) is 0 Å². The molecule has 0 N–H and O–H groups in total. The lowest BCUT2D eigenvalue weighted by atomic mass is 9.83. The molecule has 3 fully saturated rings. The van der Waals surface area contributed by atoms with E-state index < -0.39 is 0 Å². The molecule has 3 saturated carbocycles. The third-order valence-corrected chi connectivity index (χ3v) is 11.3. The predicted octanol–water partition coefficient (Wildman–Crippen LogP) is 11.5. The molecule has 3 unspecified atom stereocenters. The summed E-state index contributed by atoms with van der Waals surface area (Å²) in [6.07, 6.45) is 12.6. The molecule has 3 atom stereocenters. The number of benzene rings is 4. The molecule has 5 aromatic rings. The second-order valence-corrected chi connectivity index (χ2v) is 13.5. The van der Waals surface area contributed by atoms with Gasteiger partial charge < -0.3 is 4.90 Å². The van der Waals surface area contributed by atoms with E-state index in [-0.39, 0.29) is 0 Å². The van der Waals surface area contributed by atoms with Crippen LogP contribution in [0.2, 0.25) is 0 Å². The lowest BCUT2D eigenvalue weighted by molar-refractivity contribution is 0.420. The largest absolute Gasteiger partial charge is 0.310 e. The first-order valence-electron chi connectivity index (χ1n) is 15.2. The van der Waals surface area contributed by atoms with Gasteiger partial charge >= 0.3 is 0 Å². The van der Waals surface area contributed by atoms with Crippen molar-refractivity contribution < 1.29 is 0 Å². The summed E-state index contributed by atoms with van der Waals surface area (Å²) in [6.45, 7) is 0. The molecule has 1 aromatic heterocycles. The van der Waals surface area contributed by atoms with E-state index in [2.05, 4.69) is 95.9 Å². The minimum absolute atomic E-state index is 0.733. The van der Waals surface area contributed by atoms with E-state index in [0.29, 0.717) is 0 Å². The molecule has 3 aliphatic rings. The number of anilines is 3. The Balaban J connectivity index is 1.18. The molecule has 0 radical (unpaired) electrons. The zero-order valence-corrected chi connectivity index (χ0v) is 23.5. The van der Waals surface area contributed by atoms with E-state index in [0.717, 1.165) is 23.7 Å². The van der Waals surface area contributed by atoms with Crippen LogP contribution >= 0.6 is 11.3 Å². The van der Waals surface area contributed by atoms with Crippen molar-refractivity contribution in [3.63, 3.8) is 0 Å². The molecule has 0 amide bonds. The average molecular weight is 528 g/mol. The van der Waals surface area contributed by atoms with Crippen LogP contribution in [0.3, 0.4) is 0 Å². The van der Waals surface area contributed by atoms with Gasteiger partial charge in [-0.15, -0.1) is 11.3 Å². The summed E-state index contributed by atoms with van der Waals surface area (Å²) in [7, 11) is 0. The number of nitrogens with zero attached hydrogens (tertiary/aromatic N) is 1. The highest BCUT2D eigenvalue weighted by atomic mass is 32.1. The van der Waals surface area contributed by atoms with E-state index in [1.807, 2.05) is 11.3 Å². The smallest absolute Gasteiger partial charge is 0.0476 e. The second kappa shape index (κ2) is 9.82. The normalized spacial score (nSPS) is 23.1. The predicted molar refractivity (Wildman–Crippen MR) is 168 cm³/mol. The first-order chi connectivity index (χ1) is 19.3. The van der Waals surface area contributed by atoms with Gasteiger partial charge in [0.2, 0.25) is 0 Å². The van der Waals surface area contributed by atoms with Crippen molar-refractivity contribution >= 4 is 48.6 Å². The molecule has 3 aliphatic carbocycles. The van der Waals surface area contributed by atoms with E-state index in [1.54, 1.807) is 5.56 Å². The maximum atomic E-state index is 2.47. The maximum absolute atomic E-state index is 2.47. The molecule has 1 nitrogen and oxygen atoms in total. The summed E-state index contributed by atoms with van der Waals surface area (Å²) in [4.78, 5) is 2.47. The standard InChI is InChI=1S/C37H37NS/c1-2-6-26(7-3-1)27-12-16-30(17-13-27)38(31-18-14-28(15-19-31)35-23-25-10-11-29(35)22-25)32-20-21-34-33-8-4-5-9-36(33)39-37(34)24-32/h4-5,8-9,12-21,24-26,29,35H,1-3,6-7,10-11,22-23H2. The Morgan fingerprint density at radius 2 is 1.26 bits per heavy atom.